The molecule has 0 radical (unpaired) electrons. The van der Waals surface area contributed by atoms with Gasteiger partial charge in [-0.25, -0.2) is 0 Å². The lowest BCUT2D eigenvalue weighted by Gasteiger charge is -2.52. The van der Waals surface area contributed by atoms with Gasteiger partial charge in [0.2, 0.25) is 0 Å². The Labute approximate surface area is 686 Å². The average Bonchev–Trinajstić information content (AvgIpc) is 1.50. The molecule has 6 heterocycles. The van der Waals surface area contributed by atoms with Crippen LogP contribution in [0.5, 0.6) is 0 Å². The Bertz CT molecular complexity index is 5790. The highest BCUT2D eigenvalue weighted by Crippen LogP contribution is 2.65. The van der Waals surface area contributed by atoms with Crippen LogP contribution in [0.3, 0.4) is 0 Å². The van der Waals surface area contributed by atoms with E-state index < -0.39 is 0 Å². The van der Waals surface area contributed by atoms with Crippen LogP contribution in [0, 0.1) is 13.8 Å². The SMILES string of the molecule is Cc1cc(N(c2cc3cc(C(C)(C)C)ccc3s2)c2ccc(C(C)(C)C)cc2-c2ccccc2)cc(N2c3ccc(C(C)(C)C)cc3C3(C)CCCCC23C)c1.Cc1cc2c3c(c1)N1c4c(cc(C(C)(C)C)cc4C4(C)CCCCC14C)B3c1c(sc3ccc(C(C)(C)C)cc13)N2c1ccc(C(C)(C)C)cc1-c1ccccc1. The zero-order valence-corrected chi connectivity index (χ0v) is 74.0. The summed E-state index contributed by atoms with van der Waals surface area (Å²) < 4.78 is 2.68. The van der Waals surface area contributed by atoms with Crippen LogP contribution >= 0.6 is 22.7 Å². The van der Waals surface area contributed by atoms with Crippen LogP contribution in [-0.4, -0.2) is 17.8 Å². The van der Waals surface area contributed by atoms with Crippen molar-refractivity contribution in [1.82, 2.24) is 0 Å². The fourth-order valence-electron chi connectivity index (χ4n) is 20.8. The second-order valence-corrected chi connectivity index (χ2v) is 44.0. The Morgan fingerprint density at radius 1 is 0.381 bits per heavy atom. The third kappa shape index (κ3) is 12.4. The quantitative estimate of drug-likeness (QED) is 0.147. The highest BCUT2D eigenvalue weighted by molar-refractivity contribution is 7.26. The van der Waals surface area contributed by atoms with E-state index >= 15 is 0 Å². The van der Waals surface area contributed by atoms with Gasteiger partial charge < -0.3 is 19.6 Å². The summed E-state index contributed by atoms with van der Waals surface area (Å²) in [5.74, 6) is 0. The molecule has 580 valence electrons. The minimum absolute atomic E-state index is 0.0163. The molecular weight excluding hydrogens is 1400 g/mol. The van der Waals surface area contributed by atoms with Gasteiger partial charge in [0.05, 0.1) is 27.5 Å². The van der Waals surface area contributed by atoms with Crippen molar-refractivity contribution < 1.29 is 0 Å². The second-order valence-electron chi connectivity index (χ2n) is 41.9. The van der Waals surface area contributed by atoms with Crippen molar-refractivity contribution in [3.63, 3.8) is 0 Å². The Kier molecular flexibility index (Phi) is 18.0. The van der Waals surface area contributed by atoms with Crippen molar-refractivity contribution in [2.45, 2.75) is 272 Å². The highest BCUT2D eigenvalue weighted by atomic mass is 32.1. The first-order valence-corrected chi connectivity index (χ1v) is 44.0. The van der Waals surface area contributed by atoms with Gasteiger partial charge in [0.15, 0.2) is 0 Å². The zero-order valence-electron chi connectivity index (χ0n) is 72.4. The average molecular weight is 1530 g/mol. The number of rotatable bonds is 7. The van der Waals surface area contributed by atoms with Crippen LogP contribution in [0.25, 0.3) is 42.4 Å². The Balaban J connectivity index is 0.000000164. The van der Waals surface area contributed by atoms with E-state index in [1.807, 2.05) is 22.7 Å². The van der Waals surface area contributed by atoms with Crippen LogP contribution < -0.4 is 36.0 Å². The zero-order chi connectivity index (χ0) is 80.2. The molecule has 4 nitrogen and oxygen atoms in total. The van der Waals surface area contributed by atoms with E-state index in [1.54, 1.807) is 5.56 Å². The van der Waals surface area contributed by atoms with E-state index in [4.69, 9.17) is 0 Å². The molecule has 2 aliphatic carbocycles. The first kappa shape index (κ1) is 77.0. The number of nitrogens with zero attached hydrogens (tertiary/aromatic N) is 4. The smallest absolute Gasteiger partial charge is 0.254 e. The predicted octanol–water partition coefficient (Wildman–Crippen LogP) is 29.1. The number of hydrogen-bond donors (Lipinski definition) is 0. The van der Waals surface area contributed by atoms with Crippen molar-refractivity contribution in [2.75, 3.05) is 19.6 Å². The van der Waals surface area contributed by atoms with Crippen molar-refractivity contribution in [1.29, 1.82) is 0 Å². The van der Waals surface area contributed by atoms with E-state index in [9.17, 15) is 0 Å². The summed E-state index contributed by atoms with van der Waals surface area (Å²) in [5, 5.41) is 5.31. The Morgan fingerprint density at radius 2 is 0.867 bits per heavy atom. The third-order valence-corrected chi connectivity index (χ3v) is 30.3. The molecule has 0 saturated heterocycles. The molecular formula is C106H121BN4S2. The van der Waals surface area contributed by atoms with Crippen molar-refractivity contribution >= 4 is 121 Å². The molecule has 0 spiro atoms. The molecule has 4 aliphatic heterocycles. The van der Waals surface area contributed by atoms with Gasteiger partial charge in [-0.3, -0.25) is 0 Å². The third-order valence-electron chi connectivity index (χ3n) is 28.0. The van der Waals surface area contributed by atoms with E-state index in [1.165, 1.54) is 216 Å². The van der Waals surface area contributed by atoms with Crippen LogP contribution in [-0.2, 0) is 43.3 Å². The van der Waals surface area contributed by atoms with Gasteiger partial charge in [0, 0.05) is 65.5 Å². The minimum Gasteiger partial charge on any atom is -0.335 e. The van der Waals surface area contributed by atoms with Gasteiger partial charge in [-0.1, -0.05) is 279 Å². The molecule has 6 aliphatic rings. The van der Waals surface area contributed by atoms with Gasteiger partial charge in [0.25, 0.3) is 6.71 Å². The molecule has 4 atom stereocenters. The molecule has 0 bridgehead atoms. The fraction of sp³-hybridized carbons (Fsp3) is 0.396. The van der Waals surface area contributed by atoms with Crippen LogP contribution in [0.15, 0.2) is 200 Å². The molecule has 0 amide bonds. The summed E-state index contributed by atoms with van der Waals surface area (Å²) in [6.07, 6.45) is 9.92. The molecule has 4 unspecified atom stereocenters. The van der Waals surface area contributed by atoms with Crippen molar-refractivity contribution in [3.05, 3.63) is 256 Å². The summed E-state index contributed by atoms with van der Waals surface area (Å²) in [7, 11) is 0. The van der Waals surface area contributed by atoms with E-state index in [0.717, 1.165) is 0 Å². The Hall–Kier alpha value is -8.62. The maximum atomic E-state index is 2.89. The van der Waals surface area contributed by atoms with E-state index in [-0.39, 0.29) is 61.1 Å². The summed E-state index contributed by atoms with van der Waals surface area (Å²) in [6.45, 7) is 57.4. The lowest BCUT2D eigenvalue weighted by Crippen LogP contribution is -2.64. The number of benzene rings is 10. The first-order valence-electron chi connectivity index (χ1n) is 42.4. The highest BCUT2D eigenvalue weighted by Gasteiger charge is 2.63. The Morgan fingerprint density at radius 3 is 1.48 bits per heavy atom. The minimum atomic E-state index is -0.0372. The molecule has 12 aromatic rings. The van der Waals surface area contributed by atoms with Gasteiger partial charge in [-0.15, -0.1) is 22.7 Å². The molecule has 18 rings (SSSR count). The molecule has 2 aromatic heterocycles. The monoisotopic (exact) mass is 1520 g/mol. The first-order chi connectivity index (χ1) is 53.1. The topological polar surface area (TPSA) is 13.0 Å². The lowest BCUT2D eigenvalue weighted by molar-refractivity contribution is 0.195. The number of aryl methyl sites for hydroxylation is 2. The van der Waals surface area contributed by atoms with Gasteiger partial charge in [-0.2, -0.15) is 0 Å². The van der Waals surface area contributed by atoms with Gasteiger partial charge in [-0.05, 0) is 265 Å². The lowest BCUT2D eigenvalue weighted by atomic mass is 9.33. The van der Waals surface area contributed by atoms with E-state index in [0.29, 0.717) is 0 Å². The number of hydrogen-bond acceptors (Lipinski definition) is 6. The standard InChI is InChI=1S/C53H59BN2S.C53H62N2S/c1-32-26-42-46-43(27-32)56-47-39(52(11)24-16-17-25-53(52,56)12)30-36(51(8,9)10)31-40(47)54(46)45-38-29-35(50(5,6)7)21-23-44(38)57-48(45)55(42)41-22-20-34(49(2,3)4)28-37(41)33-18-14-13-15-19-33;1-35-28-41(34-42(29-35)55-46-24-21-40(51(8,9)10)33-44(46)52(11)26-16-17-27-53(52,55)12)54(48-31-37-30-38(49(2,3)4)22-25-47(37)56-48)45-23-20-39(50(5,6)7)32-43(45)36-18-14-13-15-19-36/h13-15,18-23,26-31H,16-17,24-25H2,1-12H3;13-15,18-25,28-34H,16-17,26-27H2,1-12H3. The van der Waals surface area contributed by atoms with Gasteiger partial charge >= 0.3 is 0 Å². The number of fused-ring (bicyclic) bond motifs is 13. The van der Waals surface area contributed by atoms with Crippen molar-refractivity contribution in [2.24, 2.45) is 0 Å². The summed E-state index contributed by atoms with van der Waals surface area (Å²) in [6, 6.07) is 78.6. The summed E-state index contributed by atoms with van der Waals surface area (Å²) in [4.78, 5) is 10.9. The number of anilines is 10. The van der Waals surface area contributed by atoms with Crippen molar-refractivity contribution in [3.8, 4) is 22.3 Å². The van der Waals surface area contributed by atoms with E-state index in [2.05, 4.69) is 386 Å². The predicted molar refractivity (Wildman–Crippen MR) is 496 cm³/mol. The molecule has 2 fully saturated rings. The fourth-order valence-corrected chi connectivity index (χ4v) is 23.2. The molecule has 10 aromatic carbocycles. The van der Waals surface area contributed by atoms with Crippen LogP contribution in [0.1, 0.15) is 259 Å². The maximum Gasteiger partial charge on any atom is 0.254 e. The summed E-state index contributed by atoms with van der Waals surface area (Å²) in [5.41, 5.74) is 34.5. The maximum absolute atomic E-state index is 2.89. The number of thiophene rings is 2. The van der Waals surface area contributed by atoms with Crippen LogP contribution in [0.2, 0.25) is 0 Å². The van der Waals surface area contributed by atoms with Crippen LogP contribution in [0.4, 0.5) is 55.5 Å². The second kappa shape index (κ2) is 26.5. The molecule has 7 heteroatoms. The molecule has 0 N–H and O–H groups in total. The normalized spacial score (nSPS) is 20.5. The largest absolute Gasteiger partial charge is 0.335 e. The summed E-state index contributed by atoms with van der Waals surface area (Å²) >= 11 is 3.88. The molecule has 113 heavy (non-hydrogen) atoms. The van der Waals surface area contributed by atoms with Gasteiger partial charge in [0.1, 0.15) is 5.00 Å². The molecule has 2 saturated carbocycles.